The molecule has 0 aromatic carbocycles. The lowest BCUT2D eigenvalue weighted by Crippen LogP contribution is -2.50. The molecule has 1 saturated heterocycles. The molecule has 1 aromatic rings. The molecule has 0 aliphatic carbocycles. The molecule has 1 aliphatic rings. The first-order chi connectivity index (χ1) is 8.43. The van der Waals surface area contributed by atoms with Crippen molar-refractivity contribution >= 4 is 21.6 Å². The van der Waals surface area contributed by atoms with Crippen molar-refractivity contribution in [2.24, 2.45) is 0 Å². The lowest BCUT2D eigenvalue weighted by Gasteiger charge is -2.35. The monoisotopic (exact) mass is 290 g/mol. The highest BCUT2D eigenvalue weighted by Crippen LogP contribution is 2.26. The van der Waals surface area contributed by atoms with Crippen molar-refractivity contribution in [1.82, 2.24) is 9.29 Å². The number of aromatic nitrogens is 1. The molecule has 0 amide bonds. The summed E-state index contributed by atoms with van der Waals surface area (Å²) in [5, 5.41) is 0.00356. The summed E-state index contributed by atoms with van der Waals surface area (Å²) in [5.41, 5.74) is 0. The van der Waals surface area contributed by atoms with E-state index in [0.29, 0.717) is 13.2 Å². The van der Waals surface area contributed by atoms with Crippen molar-refractivity contribution in [1.29, 1.82) is 0 Å². The Morgan fingerprint density at radius 2 is 2.22 bits per heavy atom. The van der Waals surface area contributed by atoms with Crippen molar-refractivity contribution < 1.29 is 13.2 Å². The number of nitrogens with zero attached hydrogens (tertiary/aromatic N) is 2. The molecule has 0 bridgehead atoms. The van der Waals surface area contributed by atoms with Gasteiger partial charge in [0.1, 0.15) is 10.0 Å². The van der Waals surface area contributed by atoms with Crippen LogP contribution in [0, 0.1) is 0 Å². The molecule has 5 nitrogen and oxygen atoms in total. The number of pyridine rings is 1. The maximum atomic E-state index is 12.5. The lowest BCUT2D eigenvalue weighted by atomic mass is 10.2. The van der Waals surface area contributed by atoms with Gasteiger partial charge >= 0.3 is 0 Å². The Hall–Kier alpha value is -0.690. The number of ether oxygens (including phenoxy) is 1. The molecule has 0 N–H and O–H groups in total. The predicted octanol–water partition coefficient (Wildman–Crippen LogP) is 1.53. The molecule has 0 spiro atoms. The zero-order valence-corrected chi connectivity index (χ0v) is 11.8. The van der Waals surface area contributed by atoms with Gasteiger partial charge in [-0.15, -0.1) is 0 Å². The van der Waals surface area contributed by atoms with Crippen LogP contribution < -0.4 is 0 Å². The number of hydrogen-bond acceptors (Lipinski definition) is 4. The highest BCUT2D eigenvalue weighted by atomic mass is 35.5. The van der Waals surface area contributed by atoms with Crippen LogP contribution in [0.25, 0.3) is 0 Å². The summed E-state index contributed by atoms with van der Waals surface area (Å²) in [4.78, 5) is 3.86. The predicted molar refractivity (Wildman–Crippen MR) is 68.0 cm³/mol. The molecule has 0 radical (unpaired) electrons. The Balaban J connectivity index is 2.39. The average molecular weight is 291 g/mol. The van der Waals surface area contributed by atoms with E-state index < -0.39 is 10.0 Å². The third-order valence-corrected chi connectivity index (χ3v) is 5.29. The van der Waals surface area contributed by atoms with E-state index in [1.54, 1.807) is 6.07 Å². The summed E-state index contributed by atoms with van der Waals surface area (Å²) >= 11 is 5.86. The first-order valence-corrected chi connectivity index (χ1v) is 7.48. The minimum atomic E-state index is -3.62. The average Bonchev–Trinajstić information content (AvgIpc) is 2.32. The second kappa shape index (κ2) is 5.13. The van der Waals surface area contributed by atoms with Gasteiger partial charge in [-0.3, -0.25) is 0 Å². The first kappa shape index (κ1) is 13.7. The first-order valence-electron chi connectivity index (χ1n) is 5.67. The van der Waals surface area contributed by atoms with Crippen molar-refractivity contribution in [3.05, 3.63) is 23.5 Å². The Morgan fingerprint density at radius 1 is 1.50 bits per heavy atom. The number of halogens is 1. The van der Waals surface area contributed by atoms with Crippen LogP contribution in [0.5, 0.6) is 0 Å². The third kappa shape index (κ3) is 2.51. The highest BCUT2D eigenvalue weighted by molar-refractivity contribution is 7.89. The summed E-state index contributed by atoms with van der Waals surface area (Å²) in [6, 6.07) is 2.83. The van der Waals surface area contributed by atoms with E-state index in [1.807, 2.05) is 13.8 Å². The van der Waals surface area contributed by atoms with E-state index in [-0.39, 0.29) is 22.2 Å². The second-order valence-electron chi connectivity index (χ2n) is 4.36. The molecule has 1 aliphatic heterocycles. The van der Waals surface area contributed by atoms with E-state index in [2.05, 4.69) is 4.98 Å². The zero-order chi connectivity index (χ0) is 13.3. The molecule has 2 unspecified atom stereocenters. The van der Waals surface area contributed by atoms with Gasteiger partial charge in [0.25, 0.3) is 0 Å². The van der Waals surface area contributed by atoms with Gasteiger partial charge in [0.05, 0.1) is 12.7 Å². The zero-order valence-electron chi connectivity index (χ0n) is 10.2. The van der Waals surface area contributed by atoms with Gasteiger partial charge in [-0.1, -0.05) is 11.6 Å². The van der Waals surface area contributed by atoms with Gasteiger partial charge in [0.15, 0.2) is 0 Å². The van der Waals surface area contributed by atoms with Gasteiger partial charge in [0, 0.05) is 18.8 Å². The summed E-state index contributed by atoms with van der Waals surface area (Å²) in [6.45, 7) is 4.37. The number of rotatable bonds is 2. The van der Waals surface area contributed by atoms with Gasteiger partial charge in [-0.2, -0.15) is 4.31 Å². The summed E-state index contributed by atoms with van der Waals surface area (Å²) in [7, 11) is -3.62. The van der Waals surface area contributed by atoms with E-state index in [4.69, 9.17) is 16.3 Å². The van der Waals surface area contributed by atoms with Gasteiger partial charge < -0.3 is 4.74 Å². The Kier molecular flexibility index (Phi) is 3.91. The van der Waals surface area contributed by atoms with Crippen LogP contribution in [0.2, 0.25) is 5.15 Å². The van der Waals surface area contributed by atoms with Crippen LogP contribution in [-0.4, -0.2) is 43.0 Å². The molecule has 1 aromatic heterocycles. The van der Waals surface area contributed by atoms with Gasteiger partial charge in [-0.25, -0.2) is 13.4 Å². The second-order valence-corrected chi connectivity index (χ2v) is 6.58. The van der Waals surface area contributed by atoms with Gasteiger partial charge in [-0.05, 0) is 26.0 Å². The standard InChI is InChI=1S/C11H15ClN2O3S/c1-8-7-17-9(2)6-14(8)18(15,16)10-4-3-5-13-11(10)12/h3-5,8-9H,6-7H2,1-2H3. The van der Waals surface area contributed by atoms with Crippen molar-refractivity contribution in [2.45, 2.75) is 30.9 Å². The fraction of sp³-hybridized carbons (Fsp3) is 0.545. The smallest absolute Gasteiger partial charge is 0.246 e. The molecule has 100 valence electrons. The van der Waals surface area contributed by atoms with Crippen LogP contribution in [-0.2, 0) is 14.8 Å². The maximum Gasteiger partial charge on any atom is 0.246 e. The molecule has 2 heterocycles. The van der Waals surface area contributed by atoms with Crippen LogP contribution in [0.4, 0.5) is 0 Å². The fourth-order valence-corrected chi connectivity index (χ4v) is 4.02. The van der Waals surface area contributed by atoms with Crippen molar-refractivity contribution in [2.75, 3.05) is 13.2 Å². The normalized spacial score (nSPS) is 26.2. The number of morpholine rings is 1. The van der Waals surface area contributed by atoms with Crippen molar-refractivity contribution in [3.63, 3.8) is 0 Å². The third-order valence-electron chi connectivity index (χ3n) is 2.86. The minimum Gasteiger partial charge on any atom is -0.375 e. The largest absolute Gasteiger partial charge is 0.375 e. The topological polar surface area (TPSA) is 59.5 Å². The van der Waals surface area contributed by atoms with E-state index in [1.165, 1.54) is 16.6 Å². The molecular formula is C11H15ClN2O3S. The molecule has 2 rings (SSSR count). The van der Waals surface area contributed by atoms with Crippen LogP contribution >= 0.6 is 11.6 Å². The molecule has 0 saturated carbocycles. The SMILES string of the molecule is CC1CN(S(=O)(=O)c2cccnc2Cl)C(C)CO1. The molecule has 7 heteroatoms. The summed E-state index contributed by atoms with van der Waals surface area (Å²) < 4.78 is 31.9. The number of hydrogen-bond donors (Lipinski definition) is 0. The molecule has 18 heavy (non-hydrogen) atoms. The summed E-state index contributed by atoms with van der Waals surface area (Å²) in [6.07, 6.45) is 1.35. The Morgan fingerprint density at radius 3 is 2.89 bits per heavy atom. The highest BCUT2D eigenvalue weighted by Gasteiger charge is 2.35. The Bertz CT molecular complexity index is 535. The molecule has 2 atom stereocenters. The van der Waals surface area contributed by atoms with E-state index >= 15 is 0 Å². The Labute approximate surface area is 112 Å². The maximum absolute atomic E-state index is 12.5. The minimum absolute atomic E-state index is 0.00356. The van der Waals surface area contributed by atoms with E-state index in [9.17, 15) is 8.42 Å². The molecular weight excluding hydrogens is 276 g/mol. The quantitative estimate of drug-likeness (QED) is 0.775. The molecule has 1 fully saturated rings. The van der Waals surface area contributed by atoms with Crippen LogP contribution in [0.15, 0.2) is 23.2 Å². The summed E-state index contributed by atoms with van der Waals surface area (Å²) in [5.74, 6) is 0. The van der Waals surface area contributed by atoms with Crippen LogP contribution in [0.1, 0.15) is 13.8 Å². The van der Waals surface area contributed by atoms with E-state index in [0.717, 1.165) is 0 Å². The van der Waals surface area contributed by atoms with Crippen LogP contribution in [0.3, 0.4) is 0 Å². The fourth-order valence-electron chi connectivity index (χ4n) is 1.90. The number of sulfonamides is 1. The lowest BCUT2D eigenvalue weighted by molar-refractivity contribution is -0.0170. The van der Waals surface area contributed by atoms with Gasteiger partial charge in [0.2, 0.25) is 10.0 Å². The van der Waals surface area contributed by atoms with Crippen molar-refractivity contribution in [3.8, 4) is 0 Å².